The topological polar surface area (TPSA) is 94.3 Å². The van der Waals surface area contributed by atoms with E-state index in [-0.39, 0.29) is 25.3 Å². The maximum absolute atomic E-state index is 12.9. The average Bonchev–Trinajstić information content (AvgIpc) is 2.70. The third-order valence-corrected chi connectivity index (χ3v) is 5.06. The number of amides is 2. The van der Waals surface area contributed by atoms with Gasteiger partial charge in [0.05, 0.1) is 23.5 Å². The number of benzene rings is 1. The third-order valence-electron chi connectivity index (χ3n) is 5.06. The molecule has 160 valence electrons. The minimum absolute atomic E-state index is 0.0404. The second-order valence-corrected chi connectivity index (χ2v) is 7.30. The van der Waals surface area contributed by atoms with Crippen LogP contribution in [0.1, 0.15) is 42.1 Å². The van der Waals surface area contributed by atoms with Crippen molar-refractivity contribution in [1.29, 1.82) is 0 Å². The number of rotatable bonds is 5. The fraction of sp³-hybridized carbons (Fsp3) is 0.381. The molecule has 0 spiro atoms. The van der Waals surface area contributed by atoms with Crippen LogP contribution in [0.25, 0.3) is 16.5 Å². The number of alkyl halides is 3. The molecule has 1 aliphatic rings. The zero-order valence-electron chi connectivity index (χ0n) is 16.3. The van der Waals surface area contributed by atoms with Crippen molar-refractivity contribution in [3.05, 3.63) is 47.7 Å². The molecule has 30 heavy (non-hydrogen) atoms. The number of primary amides is 1. The first-order valence-electron chi connectivity index (χ1n) is 9.54. The molecule has 0 saturated heterocycles. The number of fused-ring (bicyclic) bond motifs is 1. The number of nitrogens with two attached hydrogens (primary N) is 1. The Balaban J connectivity index is 1.77. The van der Waals surface area contributed by atoms with E-state index in [0.29, 0.717) is 22.9 Å². The average molecular weight is 421 g/mol. The first-order chi connectivity index (χ1) is 14.1. The molecular weight excluding hydrogens is 399 g/mol. The lowest BCUT2D eigenvalue weighted by Gasteiger charge is -2.24. The third kappa shape index (κ3) is 5.08. The van der Waals surface area contributed by atoms with Crippen LogP contribution in [0.5, 0.6) is 0 Å². The van der Waals surface area contributed by atoms with Gasteiger partial charge in [-0.1, -0.05) is 24.3 Å². The van der Waals surface area contributed by atoms with Crippen molar-refractivity contribution in [3.8, 4) is 0 Å². The fourth-order valence-electron chi connectivity index (χ4n) is 3.50. The lowest BCUT2D eigenvalue weighted by molar-refractivity contribution is -0.175. The van der Waals surface area contributed by atoms with Gasteiger partial charge in [0.2, 0.25) is 0 Å². The van der Waals surface area contributed by atoms with Crippen molar-refractivity contribution in [1.82, 2.24) is 10.3 Å². The molecule has 0 unspecified atom stereocenters. The SMILES string of the molecule is C[C@H](CNC(=O)c1cnc2c(C3=CC[C@@H](C(F)(F)F)CC3)cccc2c1)OC(N)=O. The van der Waals surface area contributed by atoms with Crippen LogP contribution in [0.4, 0.5) is 18.0 Å². The van der Waals surface area contributed by atoms with E-state index in [4.69, 9.17) is 10.5 Å². The van der Waals surface area contributed by atoms with Crippen molar-refractivity contribution in [2.45, 2.75) is 38.5 Å². The Kier molecular flexibility index (Phi) is 6.28. The predicted molar refractivity (Wildman–Crippen MR) is 106 cm³/mol. The molecule has 3 rings (SSSR count). The summed E-state index contributed by atoms with van der Waals surface area (Å²) in [5.74, 6) is -1.69. The summed E-state index contributed by atoms with van der Waals surface area (Å²) >= 11 is 0. The number of halogens is 3. The quantitative estimate of drug-likeness (QED) is 0.757. The van der Waals surface area contributed by atoms with E-state index in [9.17, 15) is 22.8 Å². The summed E-state index contributed by atoms with van der Waals surface area (Å²) in [5.41, 5.74) is 7.51. The molecule has 0 saturated carbocycles. The van der Waals surface area contributed by atoms with Crippen molar-refractivity contribution in [2.24, 2.45) is 11.7 Å². The number of carbonyl (C=O) groups is 2. The maximum atomic E-state index is 12.9. The molecule has 1 aromatic carbocycles. The van der Waals surface area contributed by atoms with Crippen LogP contribution >= 0.6 is 0 Å². The van der Waals surface area contributed by atoms with E-state index in [2.05, 4.69) is 10.3 Å². The van der Waals surface area contributed by atoms with Gasteiger partial charge in [-0.15, -0.1) is 0 Å². The highest BCUT2D eigenvalue weighted by molar-refractivity contribution is 5.99. The van der Waals surface area contributed by atoms with E-state index in [1.807, 2.05) is 6.07 Å². The number of nitrogens with one attached hydrogen (secondary N) is 1. The highest BCUT2D eigenvalue weighted by atomic mass is 19.4. The van der Waals surface area contributed by atoms with Crippen LogP contribution in [-0.4, -0.2) is 35.8 Å². The normalized spacial score (nSPS) is 17.9. The van der Waals surface area contributed by atoms with E-state index in [1.54, 1.807) is 31.2 Å². The van der Waals surface area contributed by atoms with Gasteiger partial charge < -0.3 is 15.8 Å². The Morgan fingerprint density at radius 3 is 2.77 bits per heavy atom. The number of nitrogens with zero attached hydrogens (tertiary/aromatic N) is 1. The minimum atomic E-state index is -4.18. The number of allylic oxidation sites excluding steroid dienone is 2. The molecular formula is C21H22F3N3O3. The summed E-state index contributed by atoms with van der Waals surface area (Å²) in [6.07, 6.45) is -2.28. The Morgan fingerprint density at radius 1 is 1.37 bits per heavy atom. The summed E-state index contributed by atoms with van der Waals surface area (Å²) in [5, 5.41) is 3.34. The Labute approximate surface area is 171 Å². The molecule has 1 heterocycles. The van der Waals surface area contributed by atoms with Gasteiger partial charge in [0, 0.05) is 17.1 Å². The van der Waals surface area contributed by atoms with Gasteiger partial charge in [-0.25, -0.2) is 4.79 Å². The highest BCUT2D eigenvalue weighted by Gasteiger charge is 2.39. The molecule has 2 atom stereocenters. The van der Waals surface area contributed by atoms with E-state index in [0.717, 1.165) is 11.1 Å². The minimum Gasteiger partial charge on any atom is -0.445 e. The number of para-hydroxylation sites is 1. The molecule has 9 heteroatoms. The fourth-order valence-corrected chi connectivity index (χ4v) is 3.50. The Hall–Kier alpha value is -3.10. The van der Waals surface area contributed by atoms with Crippen molar-refractivity contribution in [2.75, 3.05) is 6.54 Å². The van der Waals surface area contributed by atoms with Crippen LogP contribution in [0.15, 0.2) is 36.5 Å². The van der Waals surface area contributed by atoms with Gasteiger partial charge >= 0.3 is 12.3 Å². The standard InChI is InChI=1S/C21H22F3N3O3/c1-12(30-20(25)29)10-27-19(28)15-9-14-3-2-4-17(18(14)26-11-15)13-5-7-16(8-6-13)21(22,23)24/h2-5,9,11-12,16H,6-8,10H2,1H3,(H2,25,29)(H,27,28)/t12-,16-/m1/s1. The second kappa shape index (κ2) is 8.73. The molecule has 3 N–H and O–H groups in total. The number of aromatic nitrogens is 1. The van der Waals surface area contributed by atoms with Crippen LogP contribution in [0, 0.1) is 5.92 Å². The van der Waals surface area contributed by atoms with Crippen molar-refractivity contribution in [3.63, 3.8) is 0 Å². The van der Waals surface area contributed by atoms with Crippen LogP contribution in [0.2, 0.25) is 0 Å². The predicted octanol–water partition coefficient (Wildman–Crippen LogP) is 4.19. The largest absolute Gasteiger partial charge is 0.445 e. The molecule has 0 radical (unpaired) electrons. The summed E-state index contributed by atoms with van der Waals surface area (Å²) in [6.45, 7) is 1.68. The molecule has 1 aromatic heterocycles. The first kappa shape index (κ1) is 21.6. The van der Waals surface area contributed by atoms with Crippen molar-refractivity contribution >= 4 is 28.5 Å². The monoisotopic (exact) mass is 421 g/mol. The zero-order chi connectivity index (χ0) is 21.9. The summed E-state index contributed by atoms with van der Waals surface area (Å²) < 4.78 is 43.5. The number of hydrogen-bond acceptors (Lipinski definition) is 4. The lowest BCUT2D eigenvalue weighted by atomic mass is 9.85. The van der Waals surface area contributed by atoms with Gasteiger partial charge in [-0.05, 0) is 37.8 Å². The zero-order valence-corrected chi connectivity index (χ0v) is 16.3. The maximum Gasteiger partial charge on any atom is 0.404 e. The van der Waals surface area contributed by atoms with Gasteiger partial charge in [0.1, 0.15) is 6.10 Å². The molecule has 6 nitrogen and oxygen atoms in total. The molecule has 2 aromatic rings. The Bertz CT molecular complexity index is 988. The van der Waals surface area contributed by atoms with E-state index >= 15 is 0 Å². The van der Waals surface area contributed by atoms with E-state index in [1.165, 1.54) is 6.20 Å². The van der Waals surface area contributed by atoms with Crippen molar-refractivity contribution < 1.29 is 27.5 Å². The molecule has 1 aliphatic carbocycles. The second-order valence-electron chi connectivity index (χ2n) is 7.30. The number of hydrogen-bond donors (Lipinski definition) is 2. The Morgan fingerprint density at radius 2 is 2.13 bits per heavy atom. The lowest BCUT2D eigenvalue weighted by Crippen LogP contribution is -2.34. The molecule has 0 bridgehead atoms. The van der Waals surface area contributed by atoms with Gasteiger partial charge in [0.15, 0.2) is 0 Å². The van der Waals surface area contributed by atoms with Crippen LogP contribution < -0.4 is 11.1 Å². The first-order valence-corrected chi connectivity index (χ1v) is 9.54. The van der Waals surface area contributed by atoms with Crippen LogP contribution in [0.3, 0.4) is 0 Å². The summed E-state index contributed by atoms with van der Waals surface area (Å²) in [6, 6.07) is 7.09. The molecule has 0 aliphatic heterocycles. The summed E-state index contributed by atoms with van der Waals surface area (Å²) in [7, 11) is 0. The number of pyridine rings is 1. The molecule has 0 fully saturated rings. The van der Waals surface area contributed by atoms with Gasteiger partial charge in [-0.3, -0.25) is 9.78 Å². The van der Waals surface area contributed by atoms with E-state index < -0.39 is 24.3 Å². The molecule has 2 amide bonds. The number of carbonyl (C=O) groups excluding carboxylic acids is 2. The van der Waals surface area contributed by atoms with Gasteiger partial charge in [0.25, 0.3) is 5.91 Å². The number of ether oxygens (including phenoxy) is 1. The van der Waals surface area contributed by atoms with Gasteiger partial charge in [-0.2, -0.15) is 13.2 Å². The van der Waals surface area contributed by atoms with Crippen LogP contribution in [-0.2, 0) is 4.74 Å². The highest BCUT2D eigenvalue weighted by Crippen LogP contribution is 2.40. The smallest absolute Gasteiger partial charge is 0.404 e. The summed E-state index contributed by atoms with van der Waals surface area (Å²) in [4.78, 5) is 27.5.